The fourth-order valence-corrected chi connectivity index (χ4v) is 2.55. The fourth-order valence-electron chi connectivity index (χ4n) is 2.55. The van der Waals surface area contributed by atoms with Gasteiger partial charge in [0.15, 0.2) is 0 Å². The molecule has 1 aromatic carbocycles. The van der Waals surface area contributed by atoms with Crippen LogP contribution >= 0.6 is 0 Å². The van der Waals surface area contributed by atoms with E-state index in [1.807, 2.05) is 0 Å². The highest BCUT2D eigenvalue weighted by molar-refractivity contribution is 5.54. The number of rotatable bonds is 3. The van der Waals surface area contributed by atoms with Crippen molar-refractivity contribution in [2.75, 3.05) is 24.6 Å². The highest BCUT2D eigenvalue weighted by Gasteiger charge is 2.20. The van der Waals surface area contributed by atoms with Crippen molar-refractivity contribution in [1.29, 1.82) is 0 Å². The normalized spacial score (nSPS) is 21.1. The number of aliphatic hydroxyl groups is 1. The smallest absolute Gasteiger partial charge is 0.0476 e. The number of nitrogens with zero attached hydrogens (tertiary/aromatic N) is 1. The third kappa shape index (κ3) is 2.38. The zero-order chi connectivity index (χ0) is 11.4. The second kappa shape index (κ2) is 5.35. The van der Waals surface area contributed by atoms with Crippen molar-refractivity contribution in [2.24, 2.45) is 5.92 Å². The number of aliphatic hydroxyl groups excluding tert-OH is 1. The van der Waals surface area contributed by atoms with Crippen LogP contribution in [0.3, 0.4) is 0 Å². The van der Waals surface area contributed by atoms with Gasteiger partial charge in [-0.3, -0.25) is 0 Å². The predicted molar refractivity (Wildman–Crippen MR) is 67.8 cm³/mol. The minimum absolute atomic E-state index is 0.324. The minimum Gasteiger partial charge on any atom is -0.396 e. The lowest BCUT2D eigenvalue weighted by atomic mass is 9.97. The van der Waals surface area contributed by atoms with Crippen molar-refractivity contribution in [3.63, 3.8) is 0 Å². The van der Waals surface area contributed by atoms with Gasteiger partial charge in [-0.1, -0.05) is 25.1 Å². The summed E-state index contributed by atoms with van der Waals surface area (Å²) in [5, 5.41) is 9.26. The van der Waals surface area contributed by atoms with Crippen LogP contribution in [0.5, 0.6) is 0 Å². The highest BCUT2D eigenvalue weighted by Crippen LogP contribution is 2.26. The third-order valence-electron chi connectivity index (χ3n) is 3.49. The Kier molecular flexibility index (Phi) is 3.83. The molecule has 1 heterocycles. The Labute approximate surface area is 97.9 Å². The number of aryl methyl sites for hydroxylation is 1. The number of hydrogen-bond donors (Lipinski definition) is 1. The Morgan fingerprint density at radius 1 is 1.38 bits per heavy atom. The first-order valence-corrected chi connectivity index (χ1v) is 6.29. The van der Waals surface area contributed by atoms with Crippen LogP contribution in [0.15, 0.2) is 24.3 Å². The van der Waals surface area contributed by atoms with Gasteiger partial charge in [-0.15, -0.1) is 0 Å². The van der Waals surface area contributed by atoms with Gasteiger partial charge >= 0.3 is 0 Å². The maximum atomic E-state index is 9.26. The average Bonchev–Trinajstić information content (AvgIpc) is 2.38. The van der Waals surface area contributed by atoms with Crippen molar-refractivity contribution < 1.29 is 5.11 Å². The standard InChI is InChI=1S/C14H21NO/c1-2-13-7-3-4-8-14(13)15-9-5-6-12(10-15)11-16/h3-4,7-8,12,16H,2,5-6,9-11H2,1H3. The van der Waals surface area contributed by atoms with Crippen molar-refractivity contribution >= 4 is 5.69 Å². The molecular weight excluding hydrogens is 198 g/mol. The number of hydrogen-bond acceptors (Lipinski definition) is 2. The van der Waals surface area contributed by atoms with E-state index in [4.69, 9.17) is 0 Å². The maximum absolute atomic E-state index is 9.26. The molecule has 2 heteroatoms. The molecule has 88 valence electrons. The summed E-state index contributed by atoms with van der Waals surface area (Å²) in [5.41, 5.74) is 2.78. The summed E-state index contributed by atoms with van der Waals surface area (Å²) >= 11 is 0. The Morgan fingerprint density at radius 3 is 2.94 bits per heavy atom. The van der Waals surface area contributed by atoms with Gasteiger partial charge in [-0.05, 0) is 36.8 Å². The van der Waals surface area contributed by atoms with E-state index in [0.717, 1.165) is 19.5 Å². The van der Waals surface area contributed by atoms with Crippen LogP contribution < -0.4 is 4.90 Å². The molecule has 1 unspecified atom stereocenters. The molecule has 0 aromatic heterocycles. The molecule has 1 N–H and O–H groups in total. The lowest BCUT2D eigenvalue weighted by Crippen LogP contribution is -2.37. The van der Waals surface area contributed by atoms with Crippen LogP contribution in [0.25, 0.3) is 0 Å². The van der Waals surface area contributed by atoms with Gasteiger partial charge in [0.25, 0.3) is 0 Å². The minimum atomic E-state index is 0.324. The summed E-state index contributed by atoms with van der Waals surface area (Å²) in [6.07, 6.45) is 3.45. The van der Waals surface area contributed by atoms with Crippen LogP contribution in [0.4, 0.5) is 5.69 Å². The molecule has 0 bridgehead atoms. The van der Waals surface area contributed by atoms with E-state index in [1.165, 1.54) is 24.1 Å². The Bertz CT molecular complexity index is 337. The summed E-state index contributed by atoms with van der Waals surface area (Å²) in [6, 6.07) is 8.63. The van der Waals surface area contributed by atoms with Crippen LogP contribution in [0.2, 0.25) is 0 Å². The monoisotopic (exact) mass is 219 g/mol. The molecule has 0 saturated carbocycles. The average molecular weight is 219 g/mol. The summed E-state index contributed by atoms with van der Waals surface area (Å²) in [6.45, 7) is 4.66. The van der Waals surface area contributed by atoms with Crippen molar-refractivity contribution in [3.8, 4) is 0 Å². The van der Waals surface area contributed by atoms with Crippen molar-refractivity contribution in [2.45, 2.75) is 26.2 Å². The van der Waals surface area contributed by atoms with Gasteiger partial charge in [0.2, 0.25) is 0 Å². The van der Waals surface area contributed by atoms with E-state index >= 15 is 0 Å². The van der Waals surface area contributed by atoms with E-state index in [1.54, 1.807) is 0 Å². The predicted octanol–water partition coefficient (Wildman–Crippen LogP) is 2.46. The maximum Gasteiger partial charge on any atom is 0.0476 e. The Balaban J connectivity index is 2.16. The molecule has 0 amide bonds. The van der Waals surface area contributed by atoms with E-state index in [9.17, 15) is 5.11 Å². The molecule has 1 saturated heterocycles. The van der Waals surface area contributed by atoms with Crippen LogP contribution in [-0.2, 0) is 6.42 Å². The van der Waals surface area contributed by atoms with E-state index in [-0.39, 0.29) is 0 Å². The Hall–Kier alpha value is -1.02. The van der Waals surface area contributed by atoms with Gasteiger partial charge in [-0.2, -0.15) is 0 Å². The number of piperidine rings is 1. The van der Waals surface area contributed by atoms with Gasteiger partial charge in [-0.25, -0.2) is 0 Å². The van der Waals surface area contributed by atoms with Gasteiger partial charge in [0.1, 0.15) is 0 Å². The molecule has 1 atom stereocenters. The van der Waals surface area contributed by atoms with E-state index < -0.39 is 0 Å². The molecule has 0 spiro atoms. The SMILES string of the molecule is CCc1ccccc1N1CCCC(CO)C1. The number of para-hydroxylation sites is 1. The first kappa shape index (κ1) is 11.5. The van der Waals surface area contributed by atoms with Gasteiger partial charge in [0, 0.05) is 25.4 Å². The Morgan fingerprint density at radius 2 is 2.19 bits per heavy atom. The molecule has 2 rings (SSSR count). The largest absolute Gasteiger partial charge is 0.396 e. The lowest BCUT2D eigenvalue weighted by Gasteiger charge is -2.34. The van der Waals surface area contributed by atoms with Crippen molar-refractivity contribution in [1.82, 2.24) is 0 Å². The first-order chi connectivity index (χ1) is 7.85. The van der Waals surface area contributed by atoms with Crippen LogP contribution in [0.1, 0.15) is 25.3 Å². The summed E-state index contributed by atoms with van der Waals surface area (Å²) in [7, 11) is 0. The number of anilines is 1. The third-order valence-corrected chi connectivity index (χ3v) is 3.49. The summed E-state index contributed by atoms with van der Waals surface area (Å²) in [4.78, 5) is 2.43. The van der Waals surface area contributed by atoms with Crippen molar-refractivity contribution in [3.05, 3.63) is 29.8 Å². The molecule has 2 nitrogen and oxygen atoms in total. The van der Waals surface area contributed by atoms with E-state index in [0.29, 0.717) is 12.5 Å². The summed E-state index contributed by atoms with van der Waals surface area (Å²) in [5.74, 6) is 0.457. The topological polar surface area (TPSA) is 23.5 Å². The zero-order valence-electron chi connectivity index (χ0n) is 10.0. The molecule has 1 aliphatic rings. The molecule has 0 radical (unpaired) electrons. The lowest BCUT2D eigenvalue weighted by molar-refractivity contribution is 0.208. The fraction of sp³-hybridized carbons (Fsp3) is 0.571. The highest BCUT2D eigenvalue weighted by atomic mass is 16.3. The number of benzene rings is 1. The molecular formula is C14H21NO. The molecule has 1 aliphatic heterocycles. The second-order valence-corrected chi connectivity index (χ2v) is 4.62. The molecule has 0 aliphatic carbocycles. The summed E-state index contributed by atoms with van der Waals surface area (Å²) < 4.78 is 0. The van der Waals surface area contributed by atoms with Gasteiger partial charge < -0.3 is 10.0 Å². The molecule has 1 fully saturated rings. The van der Waals surface area contributed by atoms with Crippen LogP contribution in [-0.4, -0.2) is 24.8 Å². The van der Waals surface area contributed by atoms with E-state index in [2.05, 4.69) is 36.1 Å². The van der Waals surface area contributed by atoms with Gasteiger partial charge in [0.05, 0.1) is 0 Å². The molecule has 16 heavy (non-hydrogen) atoms. The zero-order valence-corrected chi connectivity index (χ0v) is 10.0. The molecule has 1 aromatic rings. The quantitative estimate of drug-likeness (QED) is 0.844. The second-order valence-electron chi connectivity index (χ2n) is 4.62. The van der Waals surface area contributed by atoms with Crippen LogP contribution in [0, 0.1) is 5.92 Å². The first-order valence-electron chi connectivity index (χ1n) is 6.29.